The van der Waals surface area contributed by atoms with E-state index in [0.29, 0.717) is 11.9 Å². The van der Waals surface area contributed by atoms with Gasteiger partial charge in [0.15, 0.2) is 5.11 Å². The second kappa shape index (κ2) is 14.9. The second-order valence-corrected chi connectivity index (χ2v) is 10.8. The molecule has 1 aromatic carbocycles. The first-order chi connectivity index (χ1) is 19.8. The molecule has 2 aliphatic rings. The summed E-state index contributed by atoms with van der Waals surface area (Å²) >= 11 is 5.92. The van der Waals surface area contributed by atoms with E-state index in [1.807, 2.05) is 36.7 Å². The van der Waals surface area contributed by atoms with Crippen LogP contribution >= 0.6 is 12.2 Å². The van der Waals surface area contributed by atoms with Crippen molar-refractivity contribution in [2.24, 2.45) is 5.92 Å². The zero-order valence-corrected chi connectivity index (χ0v) is 24.8. The van der Waals surface area contributed by atoms with Gasteiger partial charge in [-0.2, -0.15) is 4.98 Å². The summed E-state index contributed by atoms with van der Waals surface area (Å²) in [6, 6.07) is 12.4. The fourth-order valence-corrected chi connectivity index (χ4v) is 5.34. The third-order valence-electron chi connectivity index (χ3n) is 7.12. The Kier molecular flexibility index (Phi) is 11.0. The topological polar surface area (TPSA) is 119 Å². The standard InChI is InChI=1S/C27H36N8OS.C2H4O2/c1-20(2)24-19-34(25-8-10-29-26(32-25)30-11-12-33-15-17-36-18-16-33)13-14-35(24)27(37)31-23-7-3-6-22-21(23)5-4-9-28-22;1-2(3)4/h3-10,20,24H,11-19H2,1-2H3,(H,31,37)(H,29,30,32);1H3,(H,3,4). The zero-order valence-electron chi connectivity index (χ0n) is 24.0. The summed E-state index contributed by atoms with van der Waals surface area (Å²) in [5, 5.41) is 16.1. The minimum Gasteiger partial charge on any atom is -0.481 e. The SMILES string of the molecule is CC(=O)O.CC(C)C1CN(c2ccnc(NCCN3CCOCC3)n2)CCN1C(=S)Nc1cccc2ncccc12. The van der Waals surface area contributed by atoms with Gasteiger partial charge in [0.05, 0.1) is 24.8 Å². The maximum absolute atomic E-state index is 9.00. The lowest BCUT2D eigenvalue weighted by atomic mass is 10.00. The Bertz CT molecular complexity index is 1290. The maximum atomic E-state index is 9.00. The Morgan fingerprint density at radius 2 is 1.88 bits per heavy atom. The van der Waals surface area contributed by atoms with Crippen molar-refractivity contribution in [3.63, 3.8) is 0 Å². The maximum Gasteiger partial charge on any atom is 0.300 e. The summed E-state index contributed by atoms with van der Waals surface area (Å²) < 4.78 is 5.43. The molecule has 11 nitrogen and oxygen atoms in total. The number of nitrogens with one attached hydrogen (secondary N) is 2. The van der Waals surface area contributed by atoms with E-state index < -0.39 is 5.97 Å². The van der Waals surface area contributed by atoms with Crippen molar-refractivity contribution in [2.45, 2.75) is 26.8 Å². The van der Waals surface area contributed by atoms with Crippen LogP contribution in [0.5, 0.6) is 0 Å². The van der Waals surface area contributed by atoms with Crippen LogP contribution in [0.15, 0.2) is 48.8 Å². The second-order valence-electron chi connectivity index (χ2n) is 10.4. The van der Waals surface area contributed by atoms with Crippen molar-refractivity contribution in [3.05, 3.63) is 48.8 Å². The summed E-state index contributed by atoms with van der Waals surface area (Å²) in [5.41, 5.74) is 1.95. The molecule has 2 fully saturated rings. The van der Waals surface area contributed by atoms with Crippen LogP contribution in [0.2, 0.25) is 0 Å². The van der Waals surface area contributed by atoms with E-state index in [4.69, 9.17) is 31.8 Å². The van der Waals surface area contributed by atoms with Crippen LogP contribution in [0, 0.1) is 5.92 Å². The third kappa shape index (κ3) is 8.69. The predicted octanol–water partition coefficient (Wildman–Crippen LogP) is 3.40. The number of rotatable bonds is 7. The van der Waals surface area contributed by atoms with Gasteiger partial charge >= 0.3 is 0 Å². The Morgan fingerprint density at radius 3 is 2.63 bits per heavy atom. The van der Waals surface area contributed by atoms with Gasteiger partial charge in [0.25, 0.3) is 5.97 Å². The number of aromatic nitrogens is 3. The average molecular weight is 581 g/mol. The van der Waals surface area contributed by atoms with Gasteiger partial charge in [-0.1, -0.05) is 19.9 Å². The molecular weight excluding hydrogens is 540 g/mol. The first-order valence-corrected chi connectivity index (χ1v) is 14.5. The predicted molar refractivity (Wildman–Crippen MR) is 167 cm³/mol. The van der Waals surface area contributed by atoms with Gasteiger partial charge < -0.3 is 30.3 Å². The molecule has 41 heavy (non-hydrogen) atoms. The summed E-state index contributed by atoms with van der Waals surface area (Å²) in [5.74, 6) is 1.22. The third-order valence-corrected chi connectivity index (χ3v) is 7.45. The Morgan fingerprint density at radius 1 is 1.10 bits per heavy atom. The molecule has 220 valence electrons. The Balaban J connectivity index is 0.000000909. The molecule has 4 heterocycles. The number of hydrogen-bond acceptors (Lipinski definition) is 9. The molecule has 0 spiro atoms. The quantitative estimate of drug-likeness (QED) is 0.356. The number of piperazine rings is 1. The minimum atomic E-state index is -0.833. The number of carboxylic acid groups (broad SMARTS) is 1. The number of benzene rings is 1. The van der Waals surface area contributed by atoms with Gasteiger partial charge in [0.2, 0.25) is 5.95 Å². The number of carboxylic acids is 1. The number of carbonyl (C=O) groups is 1. The molecule has 3 N–H and O–H groups in total. The van der Waals surface area contributed by atoms with Crippen LogP contribution in [0.25, 0.3) is 10.9 Å². The summed E-state index contributed by atoms with van der Waals surface area (Å²) in [4.78, 5) is 29.8. The highest BCUT2D eigenvalue weighted by atomic mass is 32.1. The fraction of sp³-hybridized carbons (Fsp3) is 0.483. The van der Waals surface area contributed by atoms with E-state index in [-0.39, 0.29) is 6.04 Å². The van der Waals surface area contributed by atoms with Crippen molar-refractivity contribution in [1.29, 1.82) is 0 Å². The normalized spacial score (nSPS) is 17.6. The highest BCUT2D eigenvalue weighted by molar-refractivity contribution is 7.80. The lowest BCUT2D eigenvalue weighted by molar-refractivity contribution is -0.134. The van der Waals surface area contributed by atoms with Gasteiger partial charge in [-0.15, -0.1) is 0 Å². The van der Waals surface area contributed by atoms with Crippen LogP contribution < -0.4 is 15.5 Å². The van der Waals surface area contributed by atoms with Crippen molar-refractivity contribution in [1.82, 2.24) is 24.8 Å². The minimum absolute atomic E-state index is 0.259. The first-order valence-electron chi connectivity index (χ1n) is 14.0. The lowest BCUT2D eigenvalue weighted by Crippen LogP contribution is -2.58. The molecule has 0 bridgehead atoms. The fourth-order valence-electron chi connectivity index (χ4n) is 5.00. The molecule has 1 atom stereocenters. The summed E-state index contributed by atoms with van der Waals surface area (Å²) in [6.45, 7) is 13.5. The number of morpholine rings is 1. The highest BCUT2D eigenvalue weighted by Gasteiger charge is 2.31. The zero-order chi connectivity index (χ0) is 29.2. The molecule has 1 unspecified atom stereocenters. The van der Waals surface area contributed by atoms with Gasteiger partial charge in [-0.25, -0.2) is 4.98 Å². The molecule has 0 aliphatic carbocycles. The number of nitrogens with zero attached hydrogens (tertiary/aromatic N) is 6. The molecule has 2 saturated heterocycles. The number of ether oxygens (including phenoxy) is 1. The molecular formula is C29H40N8O3S. The van der Waals surface area contributed by atoms with Crippen LogP contribution in [0.3, 0.4) is 0 Å². The molecule has 12 heteroatoms. The number of aliphatic carboxylic acids is 1. The van der Waals surface area contributed by atoms with Crippen LogP contribution in [-0.4, -0.2) is 106 Å². The average Bonchev–Trinajstić information content (AvgIpc) is 2.97. The van der Waals surface area contributed by atoms with E-state index in [0.717, 1.165) is 93.5 Å². The monoisotopic (exact) mass is 580 g/mol. The first kappa shape index (κ1) is 30.4. The van der Waals surface area contributed by atoms with Crippen molar-refractivity contribution in [3.8, 4) is 0 Å². The van der Waals surface area contributed by atoms with E-state index in [2.05, 4.69) is 61.3 Å². The van der Waals surface area contributed by atoms with Gasteiger partial charge in [-0.05, 0) is 48.5 Å². The van der Waals surface area contributed by atoms with E-state index >= 15 is 0 Å². The molecule has 2 aromatic heterocycles. The van der Waals surface area contributed by atoms with E-state index in [1.54, 1.807) is 0 Å². The number of anilines is 3. The van der Waals surface area contributed by atoms with Crippen molar-refractivity contribution >= 4 is 51.7 Å². The number of fused-ring (bicyclic) bond motifs is 1. The van der Waals surface area contributed by atoms with Crippen LogP contribution in [0.1, 0.15) is 20.8 Å². The van der Waals surface area contributed by atoms with Crippen molar-refractivity contribution < 1.29 is 14.6 Å². The van der Waals surface area contributed by atoms with Gasteiger partial charge in [0, 0.05) is 76.2 Å². The molecule has 3 aromatic rings. The summed E-state index contributed by atoms with van der Waals surface area (Å²) in [7, 11) is 0. The van der Waals surface area contributed by atoms with Crippen LogP contribution in [-0.2, 0) is 9.53 Å². The Labute approximate surface area is 246 Å². The number of pyridine rings is 1. The molecule has 5 rings (SSSR count). The number of hydrogen-bond donors (Lipinski definition) is 3. The largest absolute Gasteiger partial charge is 0.481 e. The Hall–Kier alpha value is -3.61. The molecule has 0 saturated carbocycles. The molecule has 0 radical (unpaired) electrons. The van der Waals surface area contributed by atoms with Crippen LogP contribution in [0.4, 0.5) is 17.5 Å². The van der Waals surface area contributed by atoms with Gasteiger partial charge in [0.1, 0.15) is 5.82 Å². The number of thiocarbonyl (C=S) groups is 1. The highest BCUT2D eigenvalue weighted by Crippen LogP contribution is 2.25. The van der Waals surface area contributed by atoms with E-state index in [1.165, 1.54) is 0 Å². The summed E-state index contributed by atoms with van der Waals surface area (Å²) in [6.07, 6.45) is 3.66. The molecule has 0 amide bonds. The smallest absolute Gasteiger partial charge is 0.300 e. The lowest BCUT2D eigenvalue weighted by Gasteiger charge is -2.45. The molecule has 2 aliphatic heterocycles. The van der Waals surface area contributed by atoms with Gasteiger partial charge in [-0.3, -0.25) is 14.7 Å². The van der Waals surface area contributed by atoms with Crippen molar-refractivity contribution in [2.75, 3.05) is 74.6 Å². The van der Waals surface area contributed by atoms with E-state index in [9.17, 15) is 0 Å².